The van der Waals surface area contributed by atoms with E-state index in [9.17, 15) is 9.90 Å². The summed E-state index contributed by atoms with van der Waals surface area (Å²) in [4.78, 5) is 15.3. The van der Waals surface area contributed by atoms with E-state index in [1.807, 2.05) is 23.9 Å². The third kappa shape index (κ3) is 4.42. The molecule has 0 radical (unpaired) electrons. The van der Waals surface area contributed by atoms with Gasteiger partial charge in [-0.3, -0.25) is 0 Å². The Balaban J connectivity index is 1.50. The van der Waals surface area contributed by atoms with Gasteiger partial charge >= 0.3 is 6.03 Å². The average Bonchev–Trinajstić information content (AvgIpc) is 3.20. The van der Waals surface area contributed by atoms with Gasteiger partial charge in [-0.15, -0.1) is 11.8 Å². The number of hydrogen-bond donors (Lipinski definition) is 2. The Morgan fingerprint density at radius 1 is 1.26 bits per heavy atom. The van der Waals surface area contributed by atoms with Crippen molar-refractivity contribution in [1.29, 1.82) is 0 Å². The first-order valence-corrected chi connectivity index (χ1v) is 9.50. The van der Waals surface area contributed by atoms with E-state index in [0.29, 0.717) is 6.54 Å². The molecule has 1 saturated carbocycles. The first-order chi connectivity index (χ1) is 11.1. The fraction of sp³-hybridized carbons (Fsp3) is 0.611. The van der Waals surface area contributed by atoms with Crippen LogP contribution in [0, 0.1) is 5.92 Å². The van der Waals surface area contributed by atoms with Crippen LogP contribution in [0.3, 0.4) is 0 Å². The van der Waals surface area contributed by atoms with Gasteiger partial charge in [-0.2, -0.15) is 0 Å². The summed E-state index contributed by atoms with van der Waals surface area (Å²) in [7, 11) is 0. The molecule has 5 heteroatoms. The number of benzene rings is 1. The molecule has 2 atom stereocenters. The molecule has 0 unspecified atom stereocenters. The van der Waals surface area contributed by atoms with Crippen LogP contribution in [-0.2, 0) is 0 Å². The van der Waals surface area contributed by atoms with Crippen LogP contribution in [0.25, 0.3) is 0 Å². The molecule has 23 heavy (non-hydrogen) atoms. The molecule has 1 aliphatic carbocycles. The predicted octanol–water partition coefficient (Wildman–Crippen LogP) is 3.96. The number of thioether (sulfide) groups is 1. The van der Waals surface area contributed by atoms with Gasteiger partial charge in [0.15, 0.2) is 0 Å². The summed E-state index contributed by atoms with van der Waals surface area (Å²) in [6.45, 7) is 3.16. The predicted molar refractivity (Wildman–Crippen MR) is 94.9 cm³/mol. The average molecular weight is 334 g/mol. The minimum atomic E-state index is -0.348. The van der Waals surface area contributed by atoms with Crippen LogP contribution in [0.1, 0.15) is 39.0 Å². The Bertz CT molecular complexity index is 526. The molecular formula is C18H26N2O2S. The van der Waals surface area contributed by atoms with Gasteiger partial charge in [0.25, 0.3) is 0 Å². The third-order valence-electron chi connectivity index (χ3n) is 4.90. The van der Waals surface area contributed by atoms with Gasteiger partial charge in [0.1, 0.15) is 0 Å². The van der Waals surface area contributed by atoms with E-state index in [2.05, 4.69) is 17.4 Å². The third-order valence-corrected chi connectivity index (χ3v) is 6.25. The van der Waals surface area contributed by atoms with E-state index in [0.717, 1.165) is 23.9 Å². The summed E-state index contributed by atoms with van der Waals surface area (Å²) in [6, 6.07) is 8.10. The lowest BCUT2D eigenvalue weighted by Crippen LogP contribution is -2.34. The highest BCUT2D eigenvalue weighted by molar-refractivity contribution is 8.00. The number of aliphatic hydroxyl groups excluding tert-OH is 1. The van der Waals surface area contributed by atoms with Crippen molar-refractivity contribution in [2.45, 2.75) is 55.3 Å². The number of anilines is 1. The van der Waals surface area contributed by atoms with Crippen molar-refractivity contribution in [3.63, 3.8) is 0 Å². The van der Waals surface area contributed by atoms with E-state index in [1.165, 1.54) is 30.6 Å². The number of aliphatic hydroxyl groups is 1. The molecule has 1 saturated heterocycles. The number of nitrogens with zero attached hydrogens (tertiary/aromatic N) is 1. The minimum absolute atomic E-state index is 0.0654. The number of hydrogen-bond acceptors (Lipinski definition) is 3. The lowest BCUT2D eigenvalue weighted by Gasteiger charge is -2.18. The summed E-state index contributed by atoms with van der Waals surface area (Å²) >= 11 is 1.96. The van der Waals surface area contributed by atoms with Gasteiger partial charge in [0.2, 0.25) is 0 Å². The highest BCUT2D eigenvalue weighted by atomic mass is 32.2. The number of carbonyl (C=O) groups is 1. The molecule has 2 N–H and O–H groups in total. The maximum atomic E-state index is 12.3. The van der Waals surface area contributed by atoms with Crippen LogP contribution in [-0.4, -0.2) is 40.5 Å². The molecule has 2 aliphatic rings. The summed E-state index contributed by atoms with van der Waals surface area (Å²) in [5.74, 6) is 0.200. The van der Waals surface area contributed by atoms with Crippen molar-refractivity contribution in [2.24, 2.45) is 5.92 Å². The molecule has 126 valence electrons. The number of urea groups is 1. The summed E-state index contributed by atoms with van der Waals surface area (Å²) in [5, 5.41) is 13.4. The molecule has 3 rings (SSSR count). The van der Waals surface area contributed by atoms with Crippen molar-refractivity contribution in [1.82, 2.24) is 4.90 Å². The van der Waals surface area contributed by atoms with Gasteiger partial charge < -0.3 is 15.3 Å². The van der Waals surface area contributed by atoms with Crippen LogP contribution in [0.5, 0.6) is 0 Å². The lowest BCUT2D eigenvalue weighted by atomic mass is 10.0. The zero-order chi connectivity index (χ0) is 16.2. The second-order valence-corrected chi connectivity index (χ2v) is 8.09. The van der Waals surface area contributed by atoms with E-state index < -0.39 is 0 Å². The highest BCUT2D eigenvalue weighted by Crippen LogP contribution is 2.35. The van der Waals surface area contributed by atoms with Gasteiger partial charge in [-0.25, -0.2) is 4.79 Å². The summed E-state index contributed by atoms with van der Waals surface area (Å²) in [6.07, 6.45) is 5.89. The lowest BCUT2D eigenvalue weighted by molar-refractivity contribution is 0.130. The van der Waals surface area contributed by atoms with E-state index in [1.54, 1.807) is 11.8 Å². The molecule has 0 spiro atoms. The first-order valence-electron chi connectivity index (χ1n) is 8.62. The second kappa shape index (κ2) is 7.58. The SMILES string of the molecule is C[C@H](O)[C@H]1CCN(C(=O)Nc2ccc(SC3CCCC3)cc2)C1. The number of nitrogens with one attached hydrogen (secondary N) is 1. The molecule has 1 heterocycles. The van der Waals surface area contributed by atoms with Crippen molar-refractivity contribution in [3.8, 4) is 0 Å². The molecule has 1 aromatic rings. The fourth-order valence-corrected chi connectivity index (χ4v) is 4.63. The van der Waals surface area contributed by atoms with Crippen LogP contribution >= 0.6 is 11.8 Å². The summed E-state index contributed by atoms with van der Waals surface area (Å²) < 4.78 is 0. The molecule has 2 fully saturated rings. The Labute approximate surface area is 142 Å². The maximum Gasteiger partial charge on any atom is 0.321 e. The Morgan fingerprint density at radius 3 is 2.57 bits per heavy atom. The zero-order valence-corrected chi connectivity index (χ0v) is 14.5. The molecule has 0 aromatic heterocycles. The molecule has 2 amide bonds. The fourth-order valence-electron chi connectivity index (χ4n) is 3.38. The van der Waals surface area contributed by atoms with Crippen LogP contribution in [0.4, 0.5) is 10.5 Å². The van der Waals surface area contributed by atoms with Gasteiger partial charge in [-0.05, 0) is 50.5 Å². The smallest absolute Gasteiger partial charge is 0.321 e. The first kappa shape index (κ1) is 16.7. The topological polar surface area (TPSA) is 52.6 Å². The number of amides is 2. The summed E-state index contributed by atoms with van der Waals surface area (Å²) in [5.41, 5.74) is 0.839. The van der Waals surface area contributed by atoms with Crippen molar-refractivity contribution >= 4 is 23.5 Å². The van der Waals surface area contributed by atoms with Crippen LogP contribution < -0.4 is 5.32 Å². The Hall–Kier alpha value is -1.20. The number of likely N-dealkylation sites (tertiary alicyclic amines) is 1. The van der Waals surface area contributed by atoms with Crippen molar-refractivity contribution in [2.75, 3.05) is 18.4 Å². The molecule has 1 aromatic carbocycles. The Morgan fingerprint density at radius 2 is 1.96 bits per heavy atom. The highest BCUT2D eigenvalue weighted by Gasteiger charge is 2.29. The second-order valence-electron chi connectivity index (χ2n) is 6.71. The number of carbonyl (C=O) groups excluding carboxylic acids is 1. The molecular weight excluding hydrogens is 308 g/mol. The largest absolute Gasteiger partial charge is 0.393 e. The maximum absolute atomic E-state index is 12.3. The minimum Gasteiger partial charge on any atom is -0.393 e. The van der Waals surface area contributed by atoms with E-state index >= 15 is 0 Å². The van der Waals surface area contributed by atoms with E-state index in [4.69, 9.17) is 0 Å². The van der Waals surface area contributed by atoms with E-state index in [-0.39, 0.29) is 18.1 Å². The molecule has 1 aliphatic heterocycles. The monoisotopic (exact) mass is 334 g/mol. The van der Waals surface area contributed by atoms with Gasteiger partial charge in [0.05, 0.1) is 6.10 Å². The standard InChI is InChI=1S/C18H26N2O2S/c1-13(21)14-10-11-20(12-14)18(22)19-15-6-8-17(9-7-15)23-16-4-2-3-5-16/h6-9,13-14,16,21H,2-5,10-12H2,1H3,(H,19,22)/t13-,14-/m0/s1. The van der Waals surface area contributed by atoms with Crippen LogP contribution in [0.15, 0.2) is 29.2 Å². The van der Waals surface area contributed by atoms with Crippen molar-refractivity contribution < 1.29 is 9.90 Å². The van der Waals surface area contributed by atoms with Gasteiger partial charge in [0, 0.05) is 34.8 Å². The van der Waals surface area contributed by atoms with Crippen molar-refractivity contribution in [3.05, 3.63) is 24.3 Å². The quantitative estimate of drug-likeness (QED) is 0.876. The molecule has 4 nitrogen and oxygen atoms in total. The number of rotatable bonds is 4. The molecule has 0 bridgehead atoms. The van der Waals surface area contributed by atoms with Gasteiger partial charge in [-0.1, -0.05) is 12.8 Å². The normalized spacial score (nSPS) is 23.2. The zero-order valence-electron chi connectivity index (χ0n) is 13.7. The Kier molecular flexibility index (Phi) is 5.49. The van der Waals surface area contributed by atoms with Crippen LogP contribution in [0.2, 0.25) is 0 Å².